The summed E-state index contributed by atoms with van der Waals surface area (Å²) in [6.45, 7) is 5.92. The number of hydrogen-bond donors (Lipinski definition) is 1. The van der Waals surface area contributed by atoms with Crippen molar-refractivity contribution in [2.24, 2.45) is 0 Å². The lowest BCUT2D eigenvalue weighted by Gasteiger charge is -2.20. The molecular formula is C14H22N4O. The van der Waals surface area contributed by atoms with Crippen LogP contribution >= 0.6 is 0 Å². The number of rotatable bonds is 3. The van der Waals surface area contributed by atoms with Gasteiger partial charge in [-0.2, -0.15) is 0 Å². The highest BCUT2D eigenvalue weighted by Gasteiger charge is 2.13. The SMILES string of the molecule is CC(C)NC(=O)c1cnc(N2CCCCCC2)cn1. The molecule has 1 aliphatic heterocycles. The zero-order valence-electron chi connectivity index (χ0n) is 11.7. The number of nitrogens with one attached hydrogen (secondary N) is 1. The third-order valence-corrected chi connectivity index (χ3v) is 3.22. The van der Waals surface area contributed by atoms with Gasteiger partial charge < -0.3 is 10.2 Å². The molecule has 5 heteroatoms. The third kappa shape index (κ3) is 3.91. The molecule has 1 amide bonds. The molecule has 0 aliphatic carbocycles. The summed E-state index contributed by atoms with van der Waals surface area (Å²) >= 11 is 0. The summed E-state index contributed by atoms with van der Waals surface area (Å²) in [7, 11) is 0. The molecule has 0 saturated carbocycles. The lowest BCUT2D eigenvalue weighted by Crippen LogP contribution is -2.31. The highest BCUT2D eigenvalue weighted by atomic mass is 16.1. The molecule has 1 saturated heterocycles. The Balaban J connectivity index is 2.02. The van der Waals surface area contributed by atoms with Crippen LogP contribution < -0.4 is 10.2 Å². The van der Waals surface area contributed by atoms with E-state index in [9.17, 15) is 4.79 Å². The van der Waals surface area contributed by atoms with Crippen LogP contribution in [0, 0.1) is 0 Å². The Bertz CT molecular complexity index is 408. The summed E-state index contributed by atoms with van der Waals surface area (Å²) in [6.07, 6.45) is 8.27. The largest absolute Gasteiger partial charge is 0.355 e. The summed E-state index contributed by atoms with van der Waals surface area (Å²) < 4.78 is 0. The number of hydrogen-bond acceptors (Lipinski definition) is 4. The first-order chi connectivity index (χ1) is 9.16. The maximum atomic E-state index is 11.8. The number of nitrogens with zero attached hydrogens (tertiary/aromatic N) is 3. The molecule has 104 valence electrons. The van der Waals surface area contributed by atoms with E-state index in [-0.39, 0.29) is 11.9 Å². The van der Waals surface area contributed by atoms with Gasteiger partial charge in [-0.25, -0.2) is 9.97 Å². The third-order valence-electron chi connectivity index (χ3n) is 3.22. The van der Waals surface area contributed by atoms with Crippen molar-refractivity contribution in [3.05, 3.63) is 18.1 Å². The van der Waals surface area contributed by atoms with Gasteiger partial charge in [0.15, 0.2) is 0 Å². The van der Waals surface area contributed by atoms with Crippen LogP contribution in [-0.4, -0.2) is 35.0 Å². The number of anilines is 1. The molecule has 1 aliphatic rings. The van der Waals surface area contributed by atoms with E-state index in [1.165, 1.54) is 25.7 Å². The van der Waals surface area contributed by atoms with Crippen LogP contribution in [0.1, 0.15) is 50.0 Å². The molecule has 0 unspecified atom stereocenters. The van der Waals surface area contributed by atoms with Gasteiger partial charge in [0.2, 0.25) is 0 Å². The van der Waals surface area contributed by atoms with Crippen LogP contribution in [0.5, 0.6) is 0 Å². The topological polar surface area (TPSA) is 58.1 Å². The summed E-state index contributed by atoms with van der Waals surface area (Å²) in [6, 6.07) is 0.111. The first kappa shape index (κ1) is 13.8. The van der Waals surface area contributed by atoms with Crippen LogP contribution in [0.15, 0.2) is 12.4 Å². The van der Waals surface area contributed by atoms with E-state index < -0.39 is 0 Å². The first-order valence-corrected chi connectivity index (χ1v) is 7.04. The minimum absolute atomic E-state index is 0.111. The summed E-state index contributed by atoms with van der Waals surface area (Å²) in [5.41, 5.74) is 0.382. The van der Waals surface area contributed by atoms with Gasteiger partial charge in [0.1, 0.15) is 11.5 Å². The van der Waals surface area contributed by atoms with Crippen molar-refractivity contribution >= 4 is 11.7 Å². The molecule has 0 aromatic carbocycles. The standard InChI is InChI=1S/C14H22N4O/c1-11(2)17-14(19)12-9-16-13(10-15-12)18-7-5-3-4-6-8-18/h9-11H,3-8H2,1-2H3,(H,17,19). The van der Waals surface area contributed by atoms with Crippen LogP contribution in [0.2, 0.25) is 0 Å². The molecule has 0 atom stereocenters. The monoisotopic (exact) mass is 262 g/mol. The van der Waals surface area contributed by atoms with Gasteiger partial charge in [0.25, 0.3) is 5.91 Å². The Morgan fingerprint density at radius 3 is 2.37 bits per heavy atom. The van der Waals surface area contributed by atoms with Crippen molar-refractivity contribution in [2.45, 2.75) is 45.6 Å². The molecule has 1 aromatic rings. The predicted molar refractivity (Wildman–Crippen MR) is 75.3 cm³/mol. The van der Waals surface area contributed by atoms with E-state index in [2.05, 4.69) is 20.2 Å². The summed E-state index contributed by atoms with van der Waals surface area (Å²) in [5.74, 6) is 0.716. The smallest absolute Gasteiger partial charge is 0.271 e. The molecule has 1 N–H and O–H groups in total. The quantitative estimate of drug-likeness (QED) is 0.905. The van der Waals surface area contributed by atoms with Gasteiger partial charge in [0.05, 0.1) is 12.4 Å². The van der Waals surface area contributed by atoms with Gasteiger partial charge in [-0.3, -0.25) is 4.79 Å². The van der Waals surface area contributed by atoms with E-state index in [4.69, 9.17) is 0 Å². The Morgan fingerprint density at radius 2 is 1.84 bits per heavy atom. The molecule has 1 fully saturated rings. The van der Waals surface area contributed by atoms with E-state index in [0.717, 1.165) is 18.9 Å². The molecule has 2 heterocycles. The summed E-state index contributed by atoms with van der Waals surface area (Å²) in [5, 5.41) is 2.81. The number of carbonyl (C=O) groups excluding carboxylic acids is 1. The molecule has 0 spiro atoms. The van der Waals surface area contributed by atoms with Crippen molar-refractivity contribution < 1.29 is 4.79 Å². The molecule has 19 heavy (non-hydrogen) atoms. The van der Waals surface area contributed by atoms with Crippen LogP contribution in [0.25, 0.3) is 0 Å². The maximum Gasteiger partial charge on any atom is 0.271 e. The second kappa shape index (κ2) is 6.50. The van der Waals surface area contributed by atoms with Crippen LogP contribution in [0.3, 0.4) is 0 Å². The highest BCUT2D eigenvalue weighted by molar-refractivity contribution is 5.92. The maximum absolute atomic E-state index is 11.8. The second-order valence-electron chi connectivity index (χ2n) is 5.29. The van der Waals surface area contributed by atoms with E-state index in [1.807, 2.05) is 13.8 Å². The first-order valence-electron chi connectivity index (χ1n) is 7.04. The lowest BCUT2D eigenvalue weighted by molar-refractivity contribution is 0.0937. The normalized spacial score (nSPS) is 16.3. The van der Waals surface area contributed by atoms with Crippen LogP contribution in [0.4, 0.5) is 5.82 Å². The number of aromatic nitrogens is 2. The number of amides is 1. The fourth-order valence-corrected chi connectivity index (χ4v) is 2.24. The zero-order valence-corrected chi connectivity index (χ0v) is 11.7. The Morgan fingerprint density at radius 1 is 1.16 bits per heavy atom. The minimum atomic E-state index is -0.162. The Kier molecular flexibility index (Phi) is 4.71. The number of carbonyl (C=O) groups is 1. The summed E-state index contributed by atoms with van der Waals surface area (Å²) in [4.78, 5) is 22.6. The van der Waals surface area contributed by atoms with Crippen molar-refractivity contribution in [3.8, 4) is 0 Å². The van der Waals surface area contributed by atoms with Gasteiger partial charge in [-0.1, -0.05) is 12.8 Å². The average Bonchev–Trinajstić information content (AvgIpc) is 2.67. The van der Waals surface area contributed by atoms with Gasteiger partial charge >= 0.3 is 0 Å². The Labute approximate surface area is 114 Å². The van der Waals surface area contributed by atoms with E-state index >= 15 is 0 Å². The van der Waals surface area contributed by atoms with Crippen molar-refractivity contribution in [3.63, 3.8) is 0 Å². The van der Waals surface area contributed by atoms with Crippen LogP contribution in [-0.2, 0) is 0 Å². The van der Waals surface area contributed by atoms with E-state index in [1.54, 1.807) is 12.4 Å². The zero-order chi connectivity index (χ0) is 13.7. The molecule has 1 aromatic heterocycles. The molecule has 5 nitrogen and oxygen atoms in total. The van der Waals surface area contributed by atoms with Gasteiger partial charge in [0, 0.05) is 19.1 Å². The predicted octanol–water partition coefficient (Wildman–Crippen LogP) is 2.00. The van der Waals surface area contributed by atoms with Gasteiger partial charge in [-0.15, -0.1) is 0 Å². The minimum Gasteiger partial charge on any atom is -0.355 e. The van der Waals surface area contributed by atoms with Crippen molar-refractivity contribution in [2.75, 3.05) is 18.0 Å². The molecule has 0 bridgehead atoms. The van der Waals surface area contributed by atoms with E-state index in [0.29, 0.717) is 5.69 Å². The lowest BCUT2D eigenvalue weighted by atomic mass is 10.2. The average molecular weight is 262 g/mol. The molecular weight excluding hydrogens is 240 g/mol. The van der Waals surface area contributed by atoms with Gasteiger partial charge in [-0.05, 0) is 26.7 Å². The Hall–Kier alpha value is -1.65. The molecule has 2 rings (SSSR count). The van der Waals surface area contributed by atoms with Crippen molar-refractivity contribution in [1.29, 1.82) is 0 Å². The molecule has 0 radical (unpaired) electrons. The second-order valence-corrected chi connectivity index (χ2v) is 5.29. The fourth-order valence-electron chi connectivity index (χ4n) is 2.24. The fraction of sp³-hybridized carbons (Fsp3) is 0.643. The van der Waals surface area contributed by atoms with Crippen molar-refractivity contribution in [1.82, 2.24) is 15.3 Å². The highest BCUT2D eigenvalue weighted by Crippen LogP contribution is 2.16.